The molecule has 5 nitrogen and oxygen atoms in total. The molecular formula is C20H21FN2O3. The molecule has 1 fully saturated rings. The Bertz CT molecular complexity index is 799. The molecule has 0 spiro atoms. The summed E-state index contributed by atoms with van der Waals surface area (Å²) in [5.74, 6) is -1.07. The molecule has 0 unspecified atom stereocenters. The van der Waals surface area contributed by atoms with Gasteiger partial charge in [-0.3, -0.25) is 9.59 Å². The van der Waals surface area contributed by atoms with Crippen molar-refractivity contribution in [2.45, 2.75) is 18.3 Å². The lowest BCUT2D eigenvalue weighted by Crippen LogP contribution is -2.44. The smallest absolute Gasteiger partial charge is 0.251 e. The van der Waals surface area contributed by atoms with E-state index in [1.54, 1.807) is 18.2 Å². The standard InChI is InChI=1S/C20H21FN2O3/c21-17-3-1-2-16(12-17)20(8-10-26-11-9-20)13-23-19(25)15-6-4-14(5-7-15)18(22)24/h1-7,12H,8-11,13H2,(H2,22,24)(H,23,25). The molecule has 1 aliphatic rings. The van der Waals surface area contributed by atoms with E-state index in [4.69, 9.17) is 10.5 Å². The van der Waals surface area contributed by atoms with E-state index in [2.05, 4.69) is 5.32 Å². The first kappa shape index (κ1) is 18.1. The minimum Gasteiger partial charge on any atom is -0.381 e. The Labute approximate surface area is 151 Å². The van der Waals surface area contributed by atoms with E-state index in [-0.39, 0.29) is 17.1 Å². The summed E-state index contributed by atoms with van der Waals surface area (Å²) >= 11 is 0. The summed E-state index contributed by atoms with van der Waals surface area (Å²) in [5.41, 5.74) is 6.51. The van der Waals surface area contributed by atoms with Crippen molar-refractivity contribution in [2.24, 2.45) is 5.73 Å². The van der Waals surface area contributed by atoms with Crippen LogP contribution in [0.25, 0.3) is 0 Å². The molecule has 0 bridgehead atoms. The third kappa shape index (κ3) is 3.91. The fourth-order valence-electron chi connectivity index (χ4n) is 3.29. The lowest BCUT2D eigenvalue weighted by atomic mass is 9.74. The predicted molar refractivity (Wildman–Crippen MR) is 95.4 cm³/mol. The number of nitrogens with two attached hydrogens (primary N) is 1. The highest BCUT2D eigenvalue weighted by atomic mass is 19.1. The van der Waals surface area contributed by atoms with Crippen LogP contribution in [0.3, 0.4) is 0 Å². The number of rotatable bonds is 5. The quantitative estimate of drug-likeness (QED) is 0.863. The highest BCUT2D eigenvalue weighted by molar-refractivity contribution is 5.97. The maximum absolute atomic E-state index is 13.7. The molecule has 0 radical (unpaired) electrons. The molecule has 3 N–H and O–H groups in total. The number of nitrogens with one attached hydrogen (secondary N) is 1. The van der Waals surface area contributed by atoms with Crippen molar-refractivity contribution in [1.82, 2.24) is 5.32 Å². The van der Waals surface area contributed by atoms with Gasteiger partial charge in [0.1, 0.15) is 5.82 Å². The Hall–Kier alpha value is -2.73. The van der Waals surface area contributed by atoms with E-state index in [0.717, 1.165) is 5.56 Å². The van der Waals surface area contributed by atoms with Crippen LogP contribution in [0.4, 0.5) is 4.39 Å². The van der Waals surface area contributed by atoms with Gasteiger partial charge in [0.25, 0.3) is 5.91 Å². The van der Waals surface area contributed by atoms with Crippen molar-refractivity contribution in [2.75, 3.05) is 19.8 Å². The van der Waals surface area contributed by atoms with Gasteiger partial charge in [-0.1, -0.05) is 12.1 Å². The summed E-state index contributed by atoms with van der Waals surface area (Å²) in [6.07, 6.45) is 1.41. The first-order chi connectivity index (χ1) is 12.5. The second-order valence-electron chi connectivity index (χ2n) is 6.53. The van der Waals surface area contributed by atoms with Gasteiger partial charge in [-0.2, -0.15) is 0 Å². The molecule has 1 saturated heterocycles. The fourth-order valence-corrected chi connectivity index (χ4v) is 3.29. The normalized spacial score (nSPS) is 16.0. The molecule has 1 heterocycles. The van der Waals surface area contributed by atoms with Gasteiger partial charge in [-0.05, 0) is 54.8 Å². The zero-order chi connectivity index (χ0) is 18.6. The third-order valence-corrected chi connectivity index (χ3v) is 4.91. The summed E-state index contributed by atoms with van der Waals surface area (Å²) in [5, 5.41) is 2.94. The molecule has 136 valence electrons. The number of amides is 2. The van der Waals surface area contributed by atoms with Gasteiger partial charge < -0.3 is 15.8 Å². The van der Waals surface area contributed by atoms with Crippen LogP contribution in [0.15, 0.2) is 48.5 Å². The third-order valence-electron chi connectivity index (χ3n) is 4.91. The lowest BCUT2D eigenvalue weighted by Gasteiger charge is -2.38. The van der Waals surface area contributed by atoms with Crippen LogP contribution in [0.5, 0.6) is 0 Å². The summed E-state index contributed by atoms with van der Waals surface area (Å²) in [6.45, 7) is 1.52. The van der Waals surface area contributed by atoms with Crippen molar-refractivity contribution in [3.8, 4) is 0 Å². The Kier molecular flexibility index (Phi) is 5.32. The highest BCUT2D eigenvalue weighted by Crippen LogP contribution is 2.34. The highest BCUT2D eigenvalue weighted by Gasteiger charge is 2.35. The van der Waals surface area contributed by atoms with E-state index in [9.17, 15) is 14.0 Å². The van der Waals surface area contributed by atoms with Crippen LogP contribution in [0.1, 0.15) is 39.1 Å². The Balaban J connectivity index is 1.75. The van der Waals surface area contributed by atoms with Crippen molar-refractivity contribution >= 4 is 11.8 Å². The van der Waals surface area contributed by atoms with Gasteiger partial charge in [0.05, 0.1) is 0 Å². The zero-order valence-electron chi connectivity index (χ0n) is 14.3. The minimum atomic E-state index is -0.538. The number of halogens is 1. The summed E-state index contributed by atoms with van der Waals surface area (Å²) < 4.78 is 19.2. The Morgan fingerprint density at radius 3 is 2.35 bits per heavy atom. The lowest BCUT2D eigenvalue weighted by molar-refractivity contribution is 0.0486. The van der Waals surface area contributed by atoms with Crippen molar-refractivity contribution in [3.63, 3.8) is 0 Å². The van der Waals surface area contributed by atoms with E-state index < -0.39 is 5.91 Å². The van der Waals surface area contributed by atoms with Crippen LogP contribution in [-0.2, 0) is 10.2 Å². The van der Waals surface area contributed by atoms with Crippen LogP contribution in [0.2, 0.25) is 0 Å². The summed E-state index contributed by atoms with van der Waals surface area (Å²) in [4.78, 5) is 23.6. The molecule has 0 atom stereocenters. The number of ether oxygens (including phenoxy) is 1. The van der Waals surface area contributed by atoms with Gasteiger partial charge in [0.15, 0.2) is 0 Å². The molecule has 3 rings (SSSR count). The second kappa shape index (κ2) is 7.66. The van der Waals surface area contributed by atoms with Crippen LogP contribution in [0, 0.1) is 5.82 Å². The fraction of sp³-hybridized carbons (Fsp3) is 0.300. The largest absolute Gasteiger partial charge is 0.381 e. The molecule has 1 aliphatic heterocycles. The maximum Gasteiger partial charge on any atom is 0.251 e. The molecule has 0 saturated carbocycles. The number of benzene rings is 2. The van der Waals surface area contributed by atoms with Crippen LogP contribution in [-0.4, -0.2) is 31.6 Å². The van der Waals surface area contributed by atoms with Gasteiger partial charge in [0, 0.05) is 36.3 Å². The monoisotopic (exact) mass is 356 g/mol. The molecule has 26 heavy (non-hydrogen) atoms. The van der Waals surface area contributed by atoms with E-state index in [1.165, 1.54) is 24.3 Å². The minimum absolute atomic E-state index is 0.247. The van der Waals surface area contributed by atoms with E-state index in [0.29, 0.717) is 43.7 Å². The first-order valence-electron chi connectivity index (χ1n) is 8.52. The molecule has 2 aromatic rings. The molecular weight excluding hydrogens is 335 g/mol. The van der Waals surface area contributed by atoms with Crippen molar-refractivity contribution in [3.05, 3.63) is 71.0 Å². The van der Waals surface area contributed by atoms with Gasteiger partial charge in [0.2, 0.25) is 5.91 Å². The van der Waals surface area contributed by atoms with Crippen LogP contribution < -0.4 is 11.1 Å². The topological polar surface area (TPSA) is 81.4 Å². The average molecular weight is 356 g/mol. The number of hydrogen-bond acceptors (Lipinski definition) is 3. The molecule has 0 aromatic heterocycles. The molecule has 2 aromatic carbocycles. The Morgan fingerprint density at radius 1 is 1.08 bits per heavy atom. The summed E-state index contributed by atoms with van der Waals surface area (Å²) in [6, 6.07) is 12.7. The van der Waals surface area contributed by atoms with Gasteiger partial charge >= 0.3 is 0 Å². The van der Waals surface area contributed by atoms with Crippen molar-refractivity contribution < 1.29 is 18.7 Å². The SMILES string of the molecule is NC(=O)c1ccc(C(=O)NCC2(c3cccc(F)c3)CCOCC2)cc1. The van der Waals surface area contributed by atoms with Crippen LogP contribution >= 0.6 is 0 Å². The maximum atomic E-state index is 13.7. The van der Waals surface area contributed by atoms with E-state index in [1.807, 2.05) is 6.07 Å². The number of primary amides is 1. The number of carbonyl (C=O) groups excluding carboxylic acids is 2. The average Bonchev–Trinajstić information content (AvgIpc) is 2.67. The number of carbonyl (C=O) groups is 2. The molecule has 0 aliphatic carbocycles. The second-order valence-corrected chi connectivity index (χ2v) is 6.53. The van der Waals surface area contributed by atoms with Gasteiger partial charge in [-0.15, -0.1) is 0 Å². The Morgan fingerprint density at radius 2 is 1.73 bits per heavy atom. The number of hydrogen-bond donors (Lipinski definition) is 2. The molecule has 6 heteroatoms. The first-order valence-corrected chi connectivity index (χ1v) is 8.52. The van der Waals surface area contributed by atoms with Gasteiger partial charge in [-0.25, -0.2) is 4.39 Å². The summed E-state index contributed by atoms with van der Waals surface area (Å²) in [7, 11) is 0. The predicted octanol–water partition coefficient (Wildman–Crippen LogP) is 2.40. The molecule has 2 amide bonds. The zero-order valence-corrected chi connectivity index (χ0v) is 14.3. The van der Waals surface area contributed by atoms with E-state index >= 15 is 0 Å². The van der Waals surface area contributed by atoms with Crippen molar-refractivity contribution in [1.29, 1.82) is 0 Å².